The highest BCUT2D eigenvalue weighted by atomic mass is 32.1. The number of aromatic nitrogens is 1. The number of amides is 1. The van der Waals surface area contributed by atoms with Crippen LogP contribution in [0.15, 0.2) is 16.8 Å². The first-order chi connectivity index (χ1) is 9.90. The molecule has 2 heterocycles. The predicted molar refractivity (Wildman–Crippen MR) is 84.0 cm³/mol. The van der Waals surface area contributed by atoms with Gasteiger partial charge >= 0.3 is 5.97 Å². The van der Waals surface area contributed by atoms with E-state index < -0.39 is 5.97 Å². The van der Waals surface area contributed by atoms with Crippen molar-refractivity contribution in [3.05, 3.63) is 27.4 Å². The number of carbonyl (C=O) groups is 2. The van der Waals surface area contributed by atoms with E-state index in [-0.39, 0.29) is 18.5 Å². The molecule has 7 heteroatoms. The van der Waals surface area contributed by atoms with Crippen LogP contribution in [0.4, 0.5) is 0 Å². The molecule has 112 valence electrons. The lowest BCUT2D eigenvalue weighted by Crippen LogP contribution is -2.40. The molecule has 0 spiro atoms. The van der Waals surface area contributed by atoms with Gasteiger partial charge in [0, 0.05) is 17.0 Å². The number of carboxylic acid groups (broad SMARTS) is 1. The molecule has 0 aliphatic rings. The Labute approximate surface area is 130 Å². The number of carboxylic acids is 1. The van der Waals surface area contributed by atoms with Crippen molar-refractivity contribution in [2.24, 2.45) is 0 Å². The Morgan fingerprint density at radius 1 is 1.43 bits per heavy atom. The van der Waals surface area contributed by atoms with Gasteiger partial charge in [0.2, 0.25) is 0 Å². The van der Waals surface area contributed by atoms with Gasteiger partial charge in [0.05, 0.1) is 5.69 Å². The Bertz CT molecular complexity index is 647. The van der Waals surface area contributed by atoms with Crippen molar-refractivity contribution in [3.8, 4) is 10.6 Å². The molecule has 0 aliphatic carbocycles. The molecule has 21 heavy (non-hydrogen) atoms. The molecule has 0 fully saturated rings. The van der Waals surface area contributed by atoms with Crippen molar-refractivity contribution in [1.82, 2.24) is 9.88 Å². The van der Waals surface area contributed by atoms with Gasteiger partial charge in [-0.15, -0.1) is 11.3 Å². The second-order valence-electron chi connectivity index (χ2n) is 4.87. The number of hydrogen-bond donors (Lipinski definition) is 1. The summed E-state index contributed by atoms with van der Waals surface area (Å²) in [5.41, 5.74) is 1.63. The molecule has 0 aromatic carbocycles. The van der Waals surface area contributed by atoms with Gasteiger partial charge in [0.25, 0.3) is 5.91 Å². The highest BCUT2D eigenvalue weighted by Gasteiger charge is 2.25. The zero-order chi connectivity index (χ0) is 15.6. The second kappa shape index (κ2) is 6.36. The van der Waals surface area contributed by atoms with E-state index in [1.54, 1.807) is 32.1 Å². The van der Waals surface area contributed by atoms with E-state index in [0.29, 0.717) is 10.6 Å². The van der Waals surface area contributed by atoms with Crippen LogP contribution in [0.1, 0.15) is 29.2 Å². The highest BCUT2D eigenvalue weighted by Crippen LogP contribution is 2.30. The molecule has 0 aliphatic heterocycles. The lowest BCUT2D eigenvalue weighted by atomic mass is 10.2. The molecule has 0 bridgehead atoms. The molecular weight excluding hydrogens is 308 g/mol. The molecular formula is C14H16N2O3S2. The molecule has 5 nitrogen and oxygen atoms in total. The third-order valence-corrected chi connectivity index (χ3v) is 4.83. The van der Waals surface area contributed by atoms with E-state index in [1.165, 1.54) is 16.2 Å². The smallest absolute Gasteiger partial charge is 0.323 e. The van der Waals surface area contributed by atoms with E-state index >= 15 is 0 Å². The Hall–Kier alpha value is -1.73. The maximum atomic E-state index is 12.6. The lowest BCUT2D eigenvalue weighted by Gasteiger charge is -2.24. The molecule has 2 rings (SSSR count). The number of rotatable bonds is 5. The Morgan fingerprint density at radius 3 is 2.67 bits per heavy atom. The molecule has 0 saturated heterocycles. The van der Waals surface area contributed by atoms with E-state index in [9.17, 15) is 9.59 Å². The summed E-state index contributed by atoms with van der Waals surface area (Å²) in [7, 11) is 0. The lowest BCUT2D eigenvalue weighted by molar-refractivity contribution is -0.138. The van der Waals surface area contributed by atoms with Crippen LogP contribution >= 0.6 is 22.7 Å². The summed E-state index contributed by atoms with van der Waals surface area (Å²) in [6.45, 7) is 5.08. The van der Waals surface area contributed by atoms with Crippen LogP contribution in [0.5, 0.6) is 0 Å². The van der Waals surface area contributed by atoms with E-state index in [2.05, 4.69) is 4.98 Å². The molecule has 2 aromatic rings. The molecule has 0 radical (unpaired) electrons. The molecule has 1 N–H and O–H groups in total. The average molecular weight is 324 g/mol. The SMILES string of the molecule is Cc1nc(-c2ccsc2)sc1C(=O)N(CC(=O)O)C(C)C. The monoisotopic (exact) mass is 324 g/mol. The number of aryl methyl sites for hydroxylation is 1. The highest BCUT2D eigenvalue weighted by molar-refractivity contribution is 7.17. The fourth-order valence-corrected chi connectivity index (χ4v) is 3.60. The number of carbonyl (C=O) groups excluding carboxylic acids is 1. The van der Waals surface area contributed by atoms with Crippen molar-refractivity contribution in [2.45, 2.75) is 26.8 Å². The number of nitrogens with zero attached hydrogens (tertiary/aromatic N) is 2. The van der Waals surface area contributed by atoms with Crippen molar-refractivity contribution in [1.29, 1.82) is 0 Å². The average Bonchev–Trinajstić information content (AvgIpc) is 3.03. The topological polar surface area (TPSA) is 70.5 Å². The standard InChI is InChI=1S/C14H16N2O3S2/c1-8(2)16(6-11(17)18)14(19)12-9(3)15-13(21-12)10-4-5-20-7-10/h4-5,7-8H,6H2,1-3H3,(H,17,18). The minimum atomic E-state index is -1.02. The number of hydrogen-bond acceptors (Lipinski definition) is 5. The van der Waals surface area contributed by atoms with E-state index in [1.807, 2.05) is 16.8 Å². The minimum absolute atomic E-state index is 0.181. The minimum Gasteiger partial charge on any atom is -0.480 e. The van der Waals surface area contributed by atoms with E-state index in [0.717, 1.165) is 10.6 Å². The van der Waals surface area contributed by atoms with Gasteiger partial charge < -0.3 is 10.0 Å². The van der Waals surface area contributed by atoms with Crippen molar-refractivity contribution in [3.63, 3.8) is 0 Å². The Kier molecular flexibility index (Phi) is 4.74. The predicted octanol–water partition coefficient (Wildman–Crippen LogP) is 3.12. The van der Waals surface area contributed by atoms with Crippen LogP contribution < -0.4 is 0 Å². The van der Waals surface area contributed by atoms with Crippen LogP contribution in [0.2, 0.25) is 0 Å². The largest absolute Gasteiger partial charge is 0.480 e. The summed E-state index contributed by atoms with van der Waals surface area (Å²) in [5.74, 6) is -1.29. The van der Waals surface area contributed by atoms with E-state index in [4.69, 9.17) is 5.11 Å². The Morgan fingerprint density at radius 2 is 2.14 bits per heavy atom. The fourth-order valence-electron chi connectivity index (χ4n) is 1.87. The van der Waals surface area contributed by atoms with Gasteiger partial charge in [0.1, 0.15) is 16.4 Å². The summed E-state index contributed by atoms with van der Waals surface area (Å²) >= 11 is 2.88. The summed E-state index contributed by atoms with van der Waals surface area (Å²) in [6, 6.07) is 1.77. The summed E-state index contributed by atoms with van der Waals surface area (Å²) in [5, 5.41) is 13.7. The first-order valence-electron chi connectivity index (χ1n) is 6.43. The zero-order valence-corrected chi connectivity index (χ0v) is 13.6. The zero-order valence-electron chi connectivity index (χ0n) is 12.0. The first kappa shape index (κ1) is 15.7. The molecule has 0 unspecified atom stereocenters. The third-order valence-electron chi connectivity index (χ3n) is 2.95. The van der Waals surface area contributed by atoms with Crippen molar-refractivity contribution >= 4 is 34.6 Å². The van der Waals surface area contributed by atoms with Crippen LogP contribution in [-0.2, 0) is 4.79 Å². The van der Waals surface area contributed by atoms with Gasteiger partial charge in [-0.2, -0.15) is 11.3 Å². The molecule has 1 amide bonds. The second-order valence-corrected chi connectivity index (χ2v) is 6.65. The number of thiophene rings is 1. The van der Waals surface area contributed by atoms with Crippen LogP contribution in [-0.4, -0.2) is 39.5 Å². The quantitative estimate of drug-likeness (QED) is 0.917. The van der Waals surface area contributed by atoms with Gasteiger partial charge in [-0.25, -0.2) is 4.98 Å². The molecule has 0 atom stereocenters. The maximum Gasteiger partial charge on any atom is 0.323 e. The van der Waals surface area contributed by atoms with Gasteiger partial charge in [-0.3, -0.25) is 9.59 Å². The summed E-state index contributed by atoms with van der Waals surface area (Å²) in [4.78, 5) is 29.8. The number of thiazole rings is 1. The van der Waals surface area contributed by atoms with Crippen molar-refractivity contribution in [2.75, 3.05) is 6.54 Å². The van der Waals surface area contributed by atoms with Crippen LogP contribution in [0.25, 0.3) is 10.6 Å². The molecule has 0 saturated carbocycles. The summed E-state index contributed by atoms with van der Waals surface area (Å²) in [6.07, 6.45) is 0. The maximum absolute atomic E-state index is 12.6. The van der Waals surface area contributed by atoms with Crippen LogP contribution in [0, 0.1) is 6.92 Å². The van der Waals surface area contributed by atoms with Crippen molar-refractivity contribution < 1.29 is 14.7 Å². The number of aliphatic carboxylic acids is 1. The van der Waals surface area contributed by atoms with Gasteiger partial charge in [-0.05, 0) is 32.2 Å². The Balaban J connectivity index is 2.32. The summed E-state index contributed by atoms with van der Waals surface area (Å²) < 4.78 is 0. The molecule has 2 aromatic heterocycles. The van der Waals surface area contributed by atoms with Gasteiger partial charge in [0.15, 0.2) is 0 Å². The van der Waals surface area contributed by atoms with Crippen LogP contribution in [0.3, 0.4) is 0 Å². The normalized spacial score (nSPS) is 10.9. The third kappa shape index (κ3) is 3.48. The fraction of sp³-hybridized carbons (Fsp3) is 0.357. The van der Waals surface area contributed by atoms with Gasteiger partial charge in [-0.1, -0.05) is 0 Å². The first-order valence-corrected chi connectivity index (χ1v) is 8.18.